The Morgan fingerprint density at radius 2 is 1.80 bits per heavy atom. The highest BCUT2D eigenvalue weighted by atomic mass is 32.2. The smallest absolute Gasteiger partial charge is 0.318 e. The minimum Gasteiger partial charge on any atom is -0.468 e. The number of hydrogen-bond acceptors (Lipinski definition) is 5. The molecule has 1 atom stereocenters. The summed E-state index contributed by atoms with van der Waals surface area (Å²) in [5.41, 5.74) is 1.58. The third-order valence-electron chi connectivity index (χ3n) is 3.57. The zero-order valence-electron chi connectivity index (χ0n) is 13.7. The molecule has 1 heterocycles. The van der Waals surface area contributed by atoms with Crippen LogP contribution in [0.5, 0.6) is 0 Å². The second-order valence-corrected chi connectivity index (χ2v) is 6.58. The van der Waals surface area contributed by atoms with Crippen molar-refractivity contribution in [2.24, 2.45) is 0 Å². The van der Waals surface area contributed by atoms with E-state index >= 15 is 0 Å². The van der Waals surface area contributed by atoms with Crippen molar-refractivity contribution in [2.45, 2.75) is 17.3 Å². The minimum atomic E-state index is -0.447. The SMILES string of the molecule is COC(=O)[C@H](C)Sc1nnc(-c2ccccc2)n1-c1ccc(F)cc1. The van der Waals surface area contributed by atoms with Gasteiger partial charge in [0.15, 0.2) is 11.0 Å². The van der Waals surface area contributed by atoms with Crippen molar-refractivity contribution in [3.63, 3.8) is 0 Å². The van der Waals surface area contributed by atoms with E-state index in [1.54, 1.807) is 23.6 Å². The summed E-state index contributed by atoms with van der Waals surface area (Å²) in [5, 5.41) is 8.58. The summed E-state index contributed by atoms with van der Waals surface area (Å²) < 4.78 is 19.9. The van der Waals surface area contributed by atoms with Crippen molar-refractivity contribution in [3.8, 4) is 17.1 Å². The van der Waals surface area contributed by atoms with Crippen molar-refractivity contribution in [1.29, 1.82) is 0 Å². The van der Waals surface area contributed by atoms with E-state index in [-0.39, 0.29) is 11.8 Å². The van der Waals surface area contributed by atoms with E-state index in [0.29, 0.717) is 16.7 Å². The molecule has 3 rings (SSSR count). The number of hydrogen-bond donors (Lipinski definition) is 0. The Bertz CT molecular complexity index is 866. The Balaban J connectivity index is 2.08. The molecular formula is C18H16FN3O2S. The van der Waals surface area contributed by atoms with Crippen molar-refractivity contribution in [2.75, 3.05) is 7.11 Å². The van der Waals surface area contributed by atoms with Crippen LogP contribution in [0.2, 0.25) is 0 Å². The zero-order chi connectivity index (χ0) is 17.8. The summed E-state index contributed by atoms with van der Waals surface area (Å²) in [7, 11) is 1.35. The fourth-order valence-electron chi connectivity index (χ4n) is 2.32. The summed E-state index contributed by atoms with van der Waals surface area (Å²) in [6.07, 6.45) is 0. The van der Waals surface area contributed by atoms with Gasteiger partial charge in [-0.2, -0.15) is 0 Å². The van der Waals surface area contributed by atoms with Gasteiger partial charge in [-0.25, -0.2) is 4.39 Å². The van der Waals surface area contributed by atoms with Crippen LogP contribution in [0.1, 0.15) is 6.92 Å². The molecule has 5 nitrogen and oxygen atoms in total. The van der Waals surface area contributed by atoms with Crippen LogP contribution in [0, 0.1) is 5.82 Å². The molecule has 7 heteroatoms. The van der Waals surface area contributed by atoms with Gasteiger partial charge in [0.1, 0.15) is 11.1 Å². The van der Waals surface area contributed by atoms with Gasteiger partial charge in [0, 0.05) is 11.3 Å². The predicted molar refractivity (Wildman–Crippen MR) is 94.1 cm³/mol. The molecule has 3 aromatic rings. The number of thioether (sulfide) groups is 1. The topological polar surface area (TPSA) is 57.0 Å². The van der Waals surface area contributed by atoms with Gasteiger partial charge in [-0.05, 0) is 31.2 Å². The molecule has 1 aromatic heterocycles. The lowest BCUT2D eigenvalue weighted by Crippen LogP contribution is -2.15. The average Bonchev–Trinajstić information content (AvgIpc) is 3.06. The van der Waals surface area contributed by atoms with Gasteiger partial charge in [-0.1, -0.05) is 42.1 Å². The fraction of sp³-hybridized carbons (Fsp3) is 0.167. The number of benzene rings is 2. The maximum Gasteiger partial charge on any atom is 0.318 e. The van der Waals surface area contributed by atoms with E-state index in [9.17, 15) is 9.18 Å². The molecule has 0 aliphatic heterocycles. The van der Waals surface area contributed by atoms with Crippen LogP contribution in [0.4, 0.5) is 4.39 Å². The second kappa shape index (κ2) is 7.48. The fourth-order valence-corrected chi connectivity index (χ4v) is 3.21. The Hall–Kier alpha value is -2.67. The number of esters is 1. The normalized spacial score (nSPS) is 12.0. The minimum absolute atomic E-state index is 0.324. The van der Waals surface area contributed by atoms with Crippen LogP contribution in [0.3, 0.4) is 0 Å². The molecule has 128 valence electrons. The van der Waals surface area contributed by atoms with Crippen LogP contribution in [-0.2, 0) is 9.53 Å². The first-order valence-corrected chi connectivity index (χ1v) is 8.49. The maximum absolute atomic E-state index is 13.3. The van der Waals surface area contributed by atoms with Gasteiger partial charge in [0.25, 0.3) is 0 Å². The van der Waals surface area contributed by atoms with Gasteiger partial charge in [0.2, 0.25) is 0 Å². The lowest BCUT2D eigenvalue weighted by molar-refractivity contribution is -0.139. The molecule has 2 aromatic carbocycles. The predicted octanol–water partition coefficient (Wildman–Crippen LogP) is 3.73. The number of ether oxygens (including phenoxy) is 1. The molecule has 0 bridgehead atoms. The van der Waals surface area contributed by atoms with E-state index in [0.717, 1.165) is 5.56 Å². The largest absolute Gasteiger partial charge is 0.468 e. The quantitative estimate of drug-likeness (QED) is 0.514. The van der Waals surface area contributed by atoms with E-state index in [2.05, 4.69) is 10.2 Å². The van der Waals surface area contributed by atoms with Crippen molar-refractivity contribution in [3.05, 3.63) is 60.4 Å². The third-order valence-corrected chi connectivity index (χ3v) is 4.59. The van der Waals surface area contributed by atoms with Crippen LogP contribution < -0.4 is 0 Å². The molecule has 0 aliphatic rings. The summed E-state index contributed by atoms with van der Waals surface area (Å²) in [5.74, 6) is -0.0538. The molecule has 0 radical (unpaired) electrons. The molecule has 0 unspecified atom stereocenters. The number of aromatic nitrogens is 3. The summed E-state index contributed by atoms with van der Waals surface area (Å²) in [6, 6.07) is 15.6. The molecule has 25 heavy (non-hydrogen) atoms. The average molecular weight is 357 g/mol. The molecule has 0 saturated heterocycles. The molecule has 0 N–H and O–H groups in total. The first-order chi connectivity index (χ1) is 12.1. The third kappa shape index (κ3) is 3.71. The van der Waals surface area contributed by atoms with Gasteiger partial charge < -0.3 is 4.74 Å². The van der Waals surface area contributed by atoms with E-state index < -0.39 is 5.25 Å². The molecule has 0 spiro atoms. The van der Waals surface area contributed by atoms with Crippen molar-refractivity contribution in [1.82, 2.24) is 14.8 Å². The zero-order valence-corrected chi connectivity index (χ0v) is 14.5. The Labute approximate surface area is 148 Å². The number of carbonyl (C=O) groups is 1. The van der Waals surface area contributed by atoms with Gasteiger partial charge in [-0.3, -0.25) is 9.36 Å². The monoisotopic (exact) mass is 357 g/mol. The Morgan fingerprint density at radius 3 is 2.44 bits per heavy atom. The van der Waals surface area contributed by atoms with Gasteiger partial charge >= 0.3 is 5.97 Å². The van der Waals surface area contributed by atoms with Gasteiger partial charge in [0.05, 0.1) is 7.11 Å². The second-order valence-electron chi connectivity index (χ2n) is 5.27. The van der Waals surface area contributed by atoms with E-state index in [1.165, 1.54) is 31.0 Å². The van der Waals surface area contributed by atoms with Crippen LogP contribution in [0.25, 0.3) is 17.1 Å². The number of nitrogens with zero attached hydrogens (tertiary/aromatic N) is 3. The molecule has 0 amide bonds. The summed E-state index contributed by atoms with van der Waals surface area (Å²) in [6.45, 7) is 1.74. The summed E-state index contributed by atoms with van der Waals surface area (Å²) in [4.78, 5) is 11.7. The first-order valence-electron chi connectivity index (χ1n) is 7.61. The van der Waals surface area contributed by atoms with Gasteiger partial charge in [-0.15, -0.1) is 10.2 Å². The highest BCUT2D eigenvalue weighted by molar-refractivity contribution is 8.00. The number of halogens is 1. The van der Waals surface area contributed by atoms with Crippen molar-refractivity contribution < 1.29 is 13.9 Å². The van der Waals surface area contributed by atoms with Crippen LogP contribution in [0.15, 0.2) is 59.8 Å². The molecule has 0 fully saturated rings. The number of rotatable bonds is 5. The van der Waals surface area contributed by atoms with E-state index in [4.69, 9.17) is 4.74 Å². The molecule has 0 saturated carbocycles. The Morgan fingerprint density at radius 1 is 1.12 bits per heavy atom. The lowest BCUT2D eigenvalue weighted by Gasteiger charge is -2.12. The summed E-state index contributed by atoms with van der Waals surface area (Å²) >= 11 is 1.24. The van der Waals surface area contributed by atoms with Crippen molar-refractivity contribution >= 4 is 17.7 Å². The standard InChI is InChI=1S/C18H16FN3O2S/c1-12(17(23)24-2)25-18-21-20-16(13-6-4-3-5-7-13)22(18)15-10-8-14(19)9-11-15/h3-12H,1-2H3/t12-/m0/s1. The number of methoxy groups -OCH3 is 1. The number of carbonyl (C=O) groups excluding carboxylic acids is 1. The highest BCUT2D eigenvalue weighted by Gasteiger charge is 2.22. The van der Waals surface area contributed by atoms with E-state index in [1.807, 2.05) is 30.3 Å². The Kier molecular flexibility index (Phi) is 5.14. The van der Waals surface area contributed by atoms with Crippen LogP contribution >= 0.6 is 11.8 Å². The molecule has 0 aliphatic carbocycles. The first kappa shape index (κ1) is 17.2. The highest BCUT2D eigenvalue weighted by Crippen LogP contribution is 2.30. The van der Waals surface area contributed by atoms with Crippen LogP contribution in [-0.4, -0.2) is 33.1 Å². The maximum atomic E-state index is 13.3. The molecular weight excluding hydrogens is 341 g/mol. The lowest BCUT2D eigenvalue weighted by atomic mass is 10.2.